The molecule has 2 aromatic rings. The van der Waals surface area contributed by atoms with E-state index in [4.69, 9.17) is 17.2 Å². The Morgan fingerprint density at radius 3 is 1.57 bits per heavy atom. The van der Waals surface area contributed by atoms with E-state index < -0.39 is 115 Å². The average molecular weight is 959 g/mol. The summed E-state index contributed by atoms with van der Waals surface area (Å²) in [4.78, 5) is 133. The standard InChI is InChI=1S/C47H66N12O10/c1-2-3-17-31-45(68)59-23-12-20-37(59)46(69)58-22-11-19-36(58)44(67)52-30(18-10-21-51-47(49)50)39(62)54-32(24-28-13-6-4-7-14-28)40(63)55-33(25-29-15-8-5-9-16-29)41(64)56-34(26-38(48)61)42(65)57-35(27-60)43(66)53-31/h4-9,13-16,30-37,60H,2-3,10-12,17-27H2,1H3,(H2,48,61)(H,52,67)(H,53,66)(H,54,62)(H,55,63)(H,56,64)(H,57,65)(H4,49,50,51)/t30-,31-,32-,33-,34-,35-,36-,37+/m0/s1. The van der Waals surface area contributed by atoms with Crippen molar-refractivity contribution in [3.05, 3.63) is 71.8 Å². The lowest BCUT2D eigenvalue weighted by atomic mass is 10.0. The molecular formula is C47H66N12O10. The number of nitrogens with two attached hydrogens (primary N) is 3. The summed E-state index contributed by atoms with van der Waals surface area (Å²) in [5.74, 6) is -7.43. The molecule has 0 radical (unpaired) electrons. The summed E-state index contributed by atoms with van der Waals surface area (Å²) in [6, 6.07) is 6.62. The number of aliphatic hydroxyl groups excluding tert-OH is 1. The lowest BCUT2D eigenvalue weighted by molar-refractivity contribution is -0.148. The van der Waals surface area contributed by atoms with Crippen molar-refractivity contribution in [2.24, 2.45) is 22.2 Å². The summed E-state index contributed by atoms with van der Waals surface area (Å²) < 4.78 is 0. The van der Waals surface area contributed by atoms with Crippen LogP contribution in [0.2, 0.25) is 0 Å². The molecule has 9 amide bonds. The molecule has 13 N–H and O–H groups in total. The number of hydrogen-bond acceptors (Lipinski definition) is 11. The van der Waals surface area contributed by atoms with Gasteiger partial charge in [-0.1, -0.05) is 80.4 Å². The Morgan fingerprint density at radius 2 is 1.03 bits per heavy atom. The normalized spacial score (nSPS) is 25.7. The van der Waals surface area contributed by atoms with Crippen LogP contribution in [0.4, 0.5) is 0 Å². The van der Waals surface area contributed by atoms with Crippen molar-refractivity contribution in [1.29, 1.82) is 0 Å². The van der Waals surface area contributed by atoms with Crippen LogP contribution in [0.25, 0.3) is 0 Å². The van der Waals surface area contributed by atoms with E-state index in [-0.39, 0.29) is 70.5 Å². The quantitative estimate of drug-likeness (QED) is 0.0534. The molecule has 374 valence electrons. The fraction of sp³-hybridized carbons (Fsp3) is 0.532. The summed E-state index contributed by atoms with van der Waals surface area (Å²) in [7, 11) is 0. The number of primary amides is 1. The zero-order chi connectivity index (χ0) is 50.0. The minimum Gasteiger partial charge on any atom is -0.394 e. The van der Waals surface area contributed by atoms with Crippen LogP contribution >= 0.6 is 0 Å². The molecule has 0 bridgehead atoms. The van der Waals surface area contributed by atoms with Crippen LogP contribution in [-0.4, -0.2) is 149 Å². The number of fused-ring (bicyclic) bond motifs is 2. The maximum Gasteiger partial charge on any atom is 0.246 e. The third kappa shape index (κ3) is 15.2. The van der Waals surface area contributed by atoms with E-state index in [1.54, 1.807) is 60.7 Å². The van der Waals surface area contributed by atoms with Crippen molar-refractivity contribution in [3.8, 4) is 0 Å². The van der Waals surface area contributed by atoms with Crippen molar-refractivity contribution in [2.75, 3.05) is 26.2 Å². The summed E-state index contributed by atoms with van der Waals surface area (Å²) in [5.41, 5.74) is 17.8. The Kier molecular flexibility index (Phi) is 19.8. The topological polar surface area (TPSA) is 343 Å². The van der Waals surface area contributed by atoms with Crippen LogP contribution in [0.15, 0.2) is 65.7 Å². The first-order valence-corrected chi connectivity index (χ1v) is 23.6. The van der Waals surface area contributed by atoms with Crippen molar-refractivity contribution in [3.63, 3.8) is 0 Å². The minimum atomic E-state index is -1.72. The molecule has 3 heterocycles. The van der Waals surface area contributed by atoms with E-state index in [1.807, 2.05) is 6.92 Å². The number of carbonyl (C=O) groups is 9. The van der Waals surface area contributed by atoms with E-state index in [1.165, 1.54) is 9.80 Å². The Morgan fingerprint density at radius 1 is 0.580 bits per heavy atom. The van der Waals surface area contributed by atoms with Crippen LogP contribution in [0.5, 0.6) is 0 Å². The van der Waals surface area contributed by atoms with Gasteiger partial charge < -0.3 is 64.0 Å². The summed E-state index contributed by atoms with van der Waals surface area (Å²) >= 11 is 0. The van der Waals surface area contributed by atoms with Crippen LogP contribution in [-0.2, 0) is 56.0 Å². The molecule has 2 aromatic carbocycles. The van der Waals surface area contributed by atoms with Crippen LogP contribution < -0.4 is 49.1 Å². The first-order chi connectivity index (χ1) is 33.1. The maximum atomic E-state index is 14.5. The predicted octanol–water partition coefficient (Wildman–Crippen LogP) is -2.51. The molecule has 0 unspecified atom stereocenters. The van der Waals surface area contributed by atoms with Gasteiger partial charge in [0.05, 0.1) is 13.0 Å². The zero-order valence-corrected chi connectivity index (χ0v) is 38.9. The molecule has 5 rings (SSSR count). The second-order valence-electron chi connectivity index (χ2n) is 17.6. The first kappa shape index (κ1) is 52.9. The van der Waals surface area contributed by atoms with Gasteiger partial charge in [-0.05, 0) is 56.1 Å². The SMILES string of the molecule is CCCC[C@@H]1NC(=O)[C@H](CO)NC(=O)[C@H](CC(N)=O)NC(=O)[C@H](Cc2ccccc2)NC(=O)[C@H](Cc2ccccc2)NC(=O)[C@H](CCCN=C(N)N)NC(=O)[C@@H]2CCCN2C(=O)[C@H]2CCCN2C1=O. The van der Waals surface area contributed by atoms with E-state index in [0.717, 1.165) is 0 Å². The van der Waals surface area contributed by atoms with Gasteiger partial charge in [0.1, 0.15) is 48.3 Å². The lowest BCUT2D eigenvalue weighted by Gasteiger charge is -2.34. The summed E-state index contributed by atoms with van der Waals surface area (Å²) in [6.45, 7) is 1.40. The van der Waals surface area contributed by atoms with Gasteiger partial charge in [0.15, 0.2) is 5.96 Å². The Labute approximate surface area is 400 Å². The largest absolute Gasteiger partial charge is 0.394 e. The summed E-state index contributed by atoms with van der Waals surface area (Å²) in [6.07, 6.45) is 1.94. The number of guanidine groups is 1. The number of rotatable bonds is 14. The van der Waals surface area contributed by atoms with Gasteiger partial charge >= 0.3 is 0 Å². The first-order valence-electron chi connectivity index (χ1n) is 23.6. The van der Waals surface area contributed by atoms with Gasteiger partial charge in [-0.2, -0.15) is 0 Å². The second kappa shape index (κ2) is 25.9. The molecule has 3 fully saturated rings. The van der Waals surface area contributed by atoms with E-state index in [9.17, 15) is 48.3 Å². The van der Waals surface area contributed by atoms with Gasteiger partial charge in [0.2, 0.25) is 53.2 Å². The van der Waals surface area contributed by atoms with E-state index in [2.05, 4.69) is 36.9 Å². The number of carbonyl (C=O) groups excluding carboxylic acids is 9. The number of nitrogens with one attached hydrogen (secondary N) is 6. The third-order valence-electron chi connectivity index (χ3n) is 12.4. The number of amides is 9. The third-order valence-corrected chi connectivity index (χ3v) is 12.4. The average Bonchev–Trinajstić information content (AvgIpc) is 4.03. The molecule has 3 saturated heterocycles. The molecule has 3 aliphatic rings. The highest BCUT2D eigenvalue weighted by Crippen LogP contribution is 2.26. The van der Waals surface area contributed by atoms with Crippen LogP contribution in [0.1, 0.15) is 82.3 Å². The molecule has 0 aliphatic carbocycles. The van der Waals surface area contributed by atoms with Crippen molar-refractivity contribution in [1.82, 2.24) is 41.7 Å². The number of hydrogen-bond donors (Lipinski definition) is 10. The molecule has 22 nitrogen and oxygen atoms in total. The molecule has 8 atom stereocenters. The fourth-order valence-corrected chi connectivity index (χ4v) is 8.77. The van der Waals surface area contributed by atoms with Crippen molar-refractivity contribution < 1.29 is 48.3 Å². The van der Waals surface area contributed by atoms with Gasteiger partial charge in [0.25, 0.3) is 0 Å². The highest BCUT2D eigenvalue weighted by Gasteiger charge is 2.44. The predicted molar refractivity (Wildman–Crippen MR) is 252 cm³/mol. The molecule has 0 saturated carbocycles. The Bertz CT molecular complexity index is 2180. The van der Waals surface area contributed by atoms with E-state index >= 15 is 0 Å². The molecule has 0 spiro atoms. The van der Waals surface area contributed by atoms with E-state index in [0.29, 0.717) is 36.8 Å². The highest BCUT2D eigenvalue weighted by atomic mass is 16.3. The number of nitrogens with zero attached hydrogens (tertiary/aromatic N) is 3. The Hall–Kier alpha value is -7.10. The number of unbranched alkanes of at least 4 members (excludes halogenated alkanes) is 1. The fourth-order valence-electron chi connectivity index (χ4n) is 8.77. The molecular weight excluding hydrogens is 893 g/mol. The number of aliphatic hydroxyl groups is 1. The highest BCUT2D eigenvalue weighted by molar-refractivity contribution is 6.00. The van der Waals surface area contributed by atoms with Crippen molar-refractivity contribution in [2.45, 2.75) is 132 Å². The second-order valence-corrected chi connectivity index (χ2v) is 17.6. The summed E-state index contributed by atoms with van der Waals surface area (Å²) in [5, 5.41) is 26.1. The lowest BCUT2D eigenvalue weighted by Crippen LogP contribution is -2.62. The monoisotopic (exact) mass is 959 g/mol. The molecule has 0 aromatic heterocycles. The maximum absolute atomic E-state index is 14.5. The zero-order valence-electron chi connectivity index (χ0n) is 38.9. The van der Waals surface area contributed by atoms with Gasteiger partial charge in [0, 0.05) is 32.5 Å². The minimum absolute atomic E-state index is 0.00393. The van der Waals surface area contributed by atoms with Crippen molar-refractivity contribution >= 4 is 59.1 Å². The van der Waals surface area contributed by atoms with Crippen LogP contribution in [0.3, 0.4) is 0 Å². The van der Waals surface area contributed by atoms with Gasteiger partial charge in [-0.3, -0.25) is 48.1 Å². The smallest absolute Gasteiger partial charge is 0.246 e. The van der Waals surface area contributed by atoms with Gasteiger partial charge in [-0.15, -0.1) is 0 Å². The molecule has 69 heavy (non-hydrogen) atoms. The Balaban J connectivity index is 1.57. The van der Waals surface area contributed by atoms with Crippen LogP contribution in [0, 0.1) is 0 Å². The molecule has 3 aliphatic heterocycles. The number of benzene rings is 2. The molecule has 22 heteroatoms. The number of aliphatic imine (C=N–C) groups is 1. The van der Waals surface area contributed by atoms with Gasteiger partial charge in [-0.25, -0.2) is 0 Å².